The Hall–Kier alpha value is -1.35. The fourth-order valence-corrected chi connectivity index (χ4v) is 2.24. The van der Waals surface area contributed by atoms with Crippen molar-refractivity contribution < 1.29 is 8.81 Å². The summed E-state index contributed by atoms with van der Waals surface area (Å²) in [6.07, 6.45) is 1.99. The molecule has 2 nitrogen and oxygen atoms in total. The van der Waals surface area contributed by atoms with E-state index in [1.807, 2.05) is 12.1 Å². The molecule has 0 fully saturated rings. The van der Waals surface area contributed by atoms with Crippen LogP contribution in [-0.4, -0.2) is 0 Å². The highest BCUT2D eigenvalue weighted by atomic mass is 19.1. The van der Waals surface area contributed by atoms with E-state index < -0.39 is 0 Å². The smallest absolute Gasteiger partial charge is 0.169 e. The number of fused-ring (bicyclic) bond motifs is 1. The van der Waals surface area contributed by atoms with Crippen LogP contribution in [0.5, 0.6) is 0 Å². The molecule has 0 bridgehead atoms. The molecule has 1 aromatic carbocycles. The molecule has 0 radical (unpaired) electrons. The average molecular weight is 235 g/mol. The van der Waals surface area contributed by atoms with E-state index in [4.69, 9.17) is 10.2 Å². The maximum atomic E-state index is 13.5. The normalized spacial score (nSPS) is 13.5. The van der Waals surface area contributed by atoms with Crippen molar-refractivity contribution in [3.8, 4) is 0 Å². The summed E-state index contributed by atoms with van der Waals surface area (Å²) in [6, 6.07) is 6.61. The molecule has 92 valence electrons. The first kappa shape index (κ1) is 12.1. The predicted molar refractivity (Wildman–Crippen MR) is 67.2 cm³/mol. The van der Waals surface area contributed by atoms with Crippen molar-refractivity contribution in [3.05, 3.63) is 35.8 Å². The number of halogens is 1. The third kappa shape index (κ3) is 2.20. The van der Waals surface area contributed by atoms with Gasteiger partial charge in [-0.15, -0.1) is 0 Å². The predicted octanol–water partition coefficient (Wildman–Crippen LogP) is 4.01. The Morgan fingerprint density at radius 3 is 2.59 bits per heavy atom. The Bertz CT molecular complexity index is 502. The zero-order valence-corrected chi connectivity index (χ0v) is 10.2. The van der Waals surface area contributed by atoms with Gasteiger partial charge in [-0.2, -0.15) is 0 Å². The van der Waals surface area contributed by atoms with Crippen LogP contribution < -0.4 is 5.73 Å². The van der Waals surface area contributed by atoms with Crippen LogP contribution in [0.15, 0.2) is 28.7 Å². The highest BCUT2D eigenvalue weighted by Gasteiger charge is 2.20. The Labute approximate surface area is 101 Å². The summed E-state index contributed by atoms with van der Waals surface area (Å²) in [7, 11) is 0. The Morgan fingerprint density at radius 1 is 1.29 bits per heavy atom. The SMILES string of the molecule is CCC(CC)C(N)c1cc2cccc(F)c2o1. The number of nitrogens with two attached hydrogens (primary N) is 1. The zero-order valence-electron chi connectivity index (χ0n) is 10.2. The van der Waals surface area contributed by atoms with Gasteiger partial charge in [0, 0.05) is 5.39 Å². The number of rotatable bonds is 4. The molecule has 1 unspecified atom stereocenters. The van der Waals surface area contributed by atoms with E-state index in [-0.39, 0.29) is 11.9 Å². The summed E-state index contributed by atoms with van der Waals surface area (Å²) in [5, 5.41) is 0.779. The molecule has 0 saturated carbocycles. The molecule has 0 aliphatic rings. The quantitative estimate of drug-likeness (QED) is 0.869. The third-order valence-corrected chi connectivity index (χ3v) is 3.40. The summed E-state index contributed by atoms with van der Waals surface area (Å²) in [5.41, 5.74) is 6.47. The minimum atomic E-state index is -0.328. The van der Waals surface area contributed by atoms with Gasteiger partial charge in [0.1, 0.15) is 5.76 Å². The topological polar surface area (TPSA) is 39.2 Å². The molecule has 17 heavy (non-hydrogen) atoms. The molecule has 1 heterocycles. The molecule has 0 amide bonds. The summed E-state index contributed by atoms with van der Waals surface area (Å²) in [4.78, 5) is 0. The lowest BCUT2D eigenvalue weighted by Crippen LogP contribution is -2.19. The second-order valence-electron chi connectivity index (χ2n) is 4.41. The molecular formula is C14H18FNO. The highest BCUT2D eigenvalue weighted by molar-refractivity contribution is 5.78. The summed E-state index contributed by atoms with van der Waals surface area (Å²) in [6.45, 7) is 4.22. The third-order valence-electron chi connectivity index (χ3n) is 3.40. The molecule has 3 heteroatoms. The van der Waals surface area contributed by atoms with Gasteiger partial charge in [0.15, 0.2) is 11.4 Å². The minimum Gasteiger partial charge on any atom is -0.456 e. The zero-order chi connectivity index (χ0) is 12.4. The van der Waals surface area contributed by atoms with Gasteiger partial charge in [0.25, 0.3) is 0 Å². The molecule has 0 saturated heterocycles. The molecular weight excluding hydrogens is 217 g/mol. The Kier molecular flexibility index (Phi) is 3.48. The van der Waals surface area contributed by atoms with Crippen LogP contribution in [0.3, 0.4) is 0 Å². The van der Waals surface area contributed by atoms with Crippen molar-refractivity contribution in [2.24, 2.45) is 11.7 Å². The van der Waals surface area contributed by atoms with Crippen molar-refractivity contribution in [2.75, 3.05) is 0 Å². The van der Waals surface area contributed by atoms with Crippen molar-refractivity contribution in [1.29, 1.82) is 0 Å². The van der Waals surface area contributed by atoms with E-state index in [2.05, 4.69) is 13.8 Å². The molecule has 0 aliphatic heterocycles. The van der Waals surface area contributed by atoms with Crippen molar-refractivity contribution >= 4 is 11.0 Å². The van der Waals surface area contributed by atoms with E-state index in [9.17, 15) is 4.39 Å². The van der Waals surface area contributed by atoms with E-state index >= 15 is 0 Å². The van der Waals surface area contributed by atoms with Crippen LogP contribution in [0.25, 0.3) is 11.0 Å². The van der Waals surface area contributed by atoms with Gasteiger partial charge in [-0.25, -0.2) is 4.39 Å². The van der Waals surface area contributed by atoms with Gasteiger partial charge in [-0.1, -0.05) is 38.8 Å². The van der Waals surface area contributed by atoms with Crippen LogP contribution in [0, 0.1) is 11.7 Å². The second kappa shape index (κ2) is 4.88. The first-order valence-electron chi connectivity index (χ1n) is 6.10. The molecule has 0 spiro atoms. The van der Waals surface area contributed by atoms with E-state index in [0.29, 0.717) is 17.3 Å². The van der Waals surface area contributed by atoms with Gasteiger partial charge in [0.2, 0.25) is 0 Å². The summed E-state index contributed by atoms with van der Waals surface area (Å²) in [5.74, 6) is 0.725. The van der Waals surface area contributed by atoms with Crippen molar-refractivity contribution in [2.45, 2.75) is 32.7 Å². The molecule has 2 rings (SSSR count). The van der Waals surface area contributed by atoms with Gasteiger partial charge in [-0.05, 0) is 18.1 Å². The van der Waals surface area contributed by atoms with Crippen LogP contribution in [0.4, 0.5) is 4.39 Å². The van der Waals surface area contributed by atoms with Gasteiger partial charge < -0.3 is 10.2 Å². The summed E-state index contributed by atoms with van der Waals surface area (Å²) >= 11 is 0. The number of para-hydroxylation sites is 1. The standard InChI is InChI=1S/C14H18FNO/c1-3-9(4-2)13(16)12-8-10-6-5-7-11(15)14(10)17-12/h5-9,13H,3-4,16H2,1-2H3. The average Bonchev–Trinajstić information content (AvgIpc) is 2.76. The largest absolute Gasteiger partial charge is 0.456 e. The van der Waals surface area contributed by atoms with Gasteiger partial charge in [-0.3, -0.25) is 0 Å². The summed E-state index contributed by atoms with van der Waals surface area (Å²) < 4.78 is 19.0. The van der Waals surface area contributed by atoms with Crippen LogP contribution in [-0.2, 0) is 0 Å². The van der Waals surface area contributed by atoms with Gasteiger partial charge >= 0.3 is 0 Å². The number of furan rings is 1. The Morgan fingerprint density at radius 2 is 2.00 bits per heavy atom. The molecule has 0 aliphatic carbocycles. The van der Waals surface area contributed by atoms with Crippen molar-refractivity contribution in [1.82, 2.24) is 0 Å². The fraction of sp³-hybridized carbons (Fsp3) is 0.429. The lowest BCUT2D eigenvalue weighted by Gasteiger charge is -2.18. The maximum absolute atomic E-state index is 13.5. The number of hydrogen-bond acceptors (Lipinski definition) is 2. The maximum Gasteiger partial charge on any atom is 0.169 e. The number of hydrogen-bond donors (Lipinski definition) is 1. The highest BCUT2D eigenvalue weighted by Crippen LogP contribution is 2.30. The van der Waals surface area contributed by atoms with E-state index in [0.717, 1.165) is 18.2 Å². The first-order chi connectivity index (χ1) is 8.17. The monoisotopic (exact) mass is 235 g/mol. The molecule has 1 aromatic heterocycles. The van der Waals surface area contributed by atoms with E-state index in [1.54, 1.807) is 6.07 Å². The fourth-order valence-electron chi connectivity index (χ4n) is 2.24. The lowest BCUT2D eigenvalue weighted by atomic mass is 9.93. The molecule has 2 N–H and O–H groups in total. The molecule has 2 aromatic rings. The van der Waals surface area contributed by atoms with Crippen LogP contribution >= 0.6 is 0 Å². The molecule has 1 atom stereocenters. The van der Waals surface area contributed by atoms with E-state index in [1.165, 1.54) is 6.07 Å². The van der Waals surface area contributed by atoms with Crippen molar-refractivity contribution in [3.63, 3.8) is 0 Å². The van der Waals surface area contributed by atoms with Gasteiger partial charge in [0.05, 0.1) is 6.04 Å². The Balaban J connectivity index is 2.39. The first-order valence-corrected chi connectivity index (χ1v) is 6.10. The minimum absolute atomic E-state index is 0.156. The number of benzene rings is 1. The van der Waals surface area contributed by atoms with Crippen LogP contribution in [0.1, 0.15) is 38.5 Å². The lowest BCUT2D eigenvalue weighted by molar-refractivity contribution is 0.353. The second-order valence-corrected chi connectivity index (χ2v) is 4.41. The van der Waals surface area contributed by atoms with Crippen LogP contribution in [0.2, 0.25) is 0 Å².